The molecule has 0 saturated heterocycles. The summed E-state index contributed by atoms with van der Waals surface area (Å²) in [6, 6.07) is 5.84. The molecule has 0 unspecified atom stereocenters. The summed E-state index contributed by atoms with van der Waals surface area (Å²) in [7, 11) is 3.12. The molecular weight excluding hydrogens is 260 g/mol. The van der Waals surface area contributed by atoms with Gasteiger partial charge in [0.25, 0.3) is 5.91 Å². The Balaban J connectivity index is 3.06. The Bertz CT molecular complexity index is 615. The van der Waals surface area contributed by atoms with Crippen LogP contribution in [-0.2, 0) is 0 Å². The highest BCUT2D eigenvalue weighted by atomic mass is 16.3. The first-order chi connectivity index (χ1) is 9.36. The van der Waals surface area contributed by atoms with Crippen molar-refractivity contribution in [1.29, 1.82) is 10.7 Å². The minimum Gasteiger partial charge on any atom is -0.507 e. The Kier molecular flexibility index (Phi) is 4.64. The summed E-state index contributed by atoms with van der Waals surface area (Å²) >= 11 is 0. The molecule has 0 aliphatic heterocycles. The molecular formula is C12H14N6O2. The Morgan fingerprint density at radius 1 is 1.55 bits per heavy atom. The van der Waals surface area contributed by atoms with E-state index in [1.54, 1.807) is 20.2 Å². The van der Waals surface area contributed by atoms with Crippen molar-refractivity contribution in [2.75, 3.05) is 19.5 Å². The molecule has 104 valence electrons. The van der Waals surface area contributed by atoms with Crippen LogP contribution in [0.2, 0.25) is 0 Å². The number of hydrazone groups is 1. The number of carbonyl (C=O) groups is 1. The smallest absolute Gasteiger partial charge is 0.257 e. The normalized spacial score (nSPS) is 10.6. The summed E-state index contributed by atoms with van der Waals surface area (Å²) in [5, 5.41) is 29.1. The largest absolute Gasteiger partial charge is 0.507 e. The molecule has 1 rings (SSSR count). The van der Waals surface area contributed by atoms with Crippen LogP contribution in [0.4, 0.5) is 5.69 Å². The number of nitrogens with zero attached hydrogens (tertiary/aromatic N) is 3. The van der Waals surface area contributed by atoms with Crippen LogP contribution < -0.4 is 11.2 Å². The lowest BCUT2D eigenvalue weighted by atomic mass is 10.1. The number of amides is 1. The summed E-state index contributed by atoms with van der Waals surface area (Å²) in [6.07, 6.45) is 0. The number of hydrogen-bond acceptors (Lipinski definition) is 6. The second-order valence-electron chi connectivity index (χ2n) is 4.03. The summed E-state index contributed by atoms with van der Waals surface area (Å²) in [6.45, 7) is 0. The number of rotatable bonds is 4. The highest BCUT2D eigenvalue weighted by Crippen LogP contribution is 2.22. The number of carbonyl (C=O) groups excluding carboxylic acids is 1. The zero-order valence-electron chi connectivity index (χ0n) is 11.0. The molecule has 1 aromatic rings. The lowest BCUT2D eigenvalue weighted by Crippen LogP contribution is -2.22. The Morgan fingerprint density at radius 2 is 2.20 bits per heavy atom. The fourth-order valence-electron chi connectivity index (χ4n) is 1.28. The van der Waals surface area contributed by atoms with E-state index in [1.165, 1.54) is 23.1 Å². The maximum atomic E-state index is 11.8. The van der Waals surface area contributed by atoms with Crippen molar-refractivity contribution < 1.29 is 9.90 Å². The minimum absolute atomic E-state index is 0.0940. The molecule has 8 heteroatoms. The number of anilines is 1. The number of nitrogens with one attached hydrogen (secondary N) is 2. The first kappa shape index (κ1) is 15.0. The second-order valence-corrected chi connectivity index (χ2v) is 4.03. The van der Waals surface area contributed by atoms with Gasteiger partial charge in [-0.15, -0.1) is 0 Å². The molecule has 0 spiro atoms. The fraction of sp³-hybridized carbons (Fsp3) is 0.167. The highest BCUT2D eigenvalue weighted by molar-refractivity contribution is 6.45. The third-order valence-electron chi connectivity index (χ3n) is 2.29. The highest BCUT2D eigenvalue weighted by Gasteiger charge is 2.13. The van der Waals surface area contributed by atoms with Crippen molar-refractivity contribution in [3.63, 3.8) is 0 Å². The molecule has 20 heavy (non-hydrogen) atoms. The van der Waals surface area contributed by atoms with Gasteiger partial charge in [0.15, 0.2) is 5.84 Å². The first-order valence-electron chi connectivity index (χ1n) is 5.49. The predicted molar refractivity (Wildman–Crippen MR) is 74.7 cm³/mol. The van der Waals surface area contributed by atoms with Gasteiger partial charge >= 0.3 is 0 Å². The van der Waals surface area contributed by atoms with Gasteiger partial charge in [-0.1, -0.05) is 0 Å². The molecule has 0 bridgehead atoms. The number of nitriles is 1. The lowest BCUT2D eigenvalue weighted by molar-refractivity contribution is 0.0824. The first-order valence-corrected chi connectivity index (χ1v) is 5.49. The topological polar surface area (TPSA) is 139 Å². The molecule has 0 fully saturated rings. The molecule has 0 aliphatic carbocycles. The van der Waals surface area contributed by atoms with E-state index in [1.807, 2.05) is 0 Å². The third-order valence-corrected chi connectivity index (χ3v) is 2.29. The van der Waals surface area contributed by atoms with E-state index in [9.17, 15) is 9.90 Å². The van der Waals surface area contributed by atoms with Gasteiger partial charge in [0, 0.05) is 14.1 Å². The van der Waals surface area contributed by atoms with Crippen molar-refractivity contribution in [3.8, 4) is 11.8 Å². The van der Waals surface area contributed by atoms with Gasteiger partial charge in [-0.2, -0.15) is 10.4 Å². The van der Waals surface area contributed by atoms with Gasteiger partial charge in [-0.3, -0.25) is 15.6 Å². The van der Waals surface area contributed by atoms with E-state index in [-0.39, 0.29) is 22.9 Å². The van der Waals surface area contributed by atoms with E-state index >= 15 is 0 Å². The molecule has 0 saturated carbocycles. The van der Waals surface area contributed by atoms with E-state index in [4.69, 9.17) is 16.4 Å². The predicted octanol–water partition coefficient (Wildman–Crippen LogP) is 0.321. The number of nitrogens with two attached hydrogens (primary N) is 1. The number of aromatic hydroxyl groups is 1. The van der Waals surface area contributed by atoms with Gasteiger partial charge in [-0.05, 0) is 18.2 Å². The van der Waals surface area contributed by atoms with Gasteiger partial charge in [0.2, 0.25) is 5.71 Å². The van der Waals surface area contributed by atoms with Gasteiger partial charge in [0.1, 0.15) is 11.8 Å². The molecule has 1 aromatic carbocycles. The molecule has 0 radical (unpaired) electrons. The van der Waals surface area contributed by atoms with E-state index in [0.29, 0.717) is 5.69 Å². The monoisotopic (exact) mass is 274 g/mol. The summed E-state index contributed by atoms with van der Waals surface area (Å²) in [5.41, 5.74) is 7.84. The zero-order valence-corrected chi connectivity index (χ0v) is 11.0. The van der Waals surface area contributed by atoms with Crippen molar-refractivity contribution in [2.45, 2.75) is 0 Å². The Labute approximate surface area is 115 Å². The van der Waals surface area contributed by atoms with Crippen LogP contribution in [0, 0.1) is 16.7 Å². The SMILES string of the molecule is CN(C)C(=O)c1cc(N/N=C(\C#N)C(=N)N)ccc1O. The summed E-state index contributed by atoms with van der Waals surface area (Å²) < 4.78 is 0. The van der Waals surface area contributed by atoms with Crippen LogP contribution in [0.3, 0.4) is 0 Å². The molecule has 1 amide bonds. The van der Waals surface area contributed by atoms with Crippen LogP contribution in [-0.4, -0.2) is 41.6 Å². The molecule has 0 heterocycles. The molecule has 0 aliphatic rings. The van der Waals surface area contributed by atoms with Crippen LogP contribution in [0.15, 0.2) is 23.3 Å². The van der Waals surface area contributed by atoms with Crippen molar-refractivity contribution in [2.24, 2.45) is 10.8 Å². The van der Waals surface area contributed by atoms with Crippen molar-refractivity contribution >= 4 is 23.1 Å². The summed E-state index contributed by atoms with van der Waals surface area (Å²) in [5.74, 6) is -1.00. The summed E-state index contributed by atoms with van der Waals surface area (Å²) in [4.78, 5) is 13.1. The van der Waals surface area contributed by atoms with Gasteiger partial charge in [-0.25, -0.2) is 0 Å². The number of amidine groups is 1. The number of hydrogen-bond donors (Lipinski definition) is 4. The van der Waals surface area contributed by atoms with E-state index in [0.717, 1.165) is 0 Å². The molecule has 0 aromatic heterocycles. The van der Waals surface area contributed by atoms with Crippen molar-refractivity contribution in [1.82, 2.24) is 4.90 Å². The zero-order chi connectivity index (χ0) is 15.3. The quantitative estimate of drug-likeness (QED) is 0.271. The Hall–Kier alpha value is -3.08. The van der Waals surface area contributed by atoms with Crippen LogP contribution >= 0.6 is 0 Å². The minimum atomic E-state index is -0.469. The van der Waals surface area contributed by atoms with Crippen LogP contribution in [0.1, 0.15) is 10.4 Å². The van der Waals surface area contributed by atoms with Gasteiger partial charge in [0.05, 0.1) is 11.3 Å². The third kappa shape index (κ3) is 3.46. The van der Waals surface area contributed by atoms with Crippen LogP contribution in [0.25, 0.3) is 0 Å². The van der Waals surface area contributed by atoms with Crippen molar-refractivity contribution in [3.05, 3.63) is 23.8 Å². The van der Waals surface area contributed by atoms with Crippen LogP contribution in [0.5, 0.6) is 5.75 Å². The number of phenols is 1. The molecule has 8 nitrogen and oxygen atoms in total. The second kappa shape index (κ2) is 6.19. The number of phenolic OH excluding ortho intramolecular Hbond substituents is 1. The molecule has 0 atom stereocenters. The number of benzene rings is 1. The standard InChI is InChI=1S/C12H14N6O2/c1-18(2)12(20)8-5-7(3-4-10(8)19)16-17-9(6-13)11(14)15/h3-5,16,19H,1-2H3,(H3,14,15)/b17-9+. The van der Waals surface area contributed by atoms with E-state index < -0.39 is 5.84 Å². The average molecular weight is 274 g/mol. The Morgan fingerprint density at radius 3 is 2.70 bits per heavy atom. The van der Waals surface area contributed by atoms with E-state index in [2.05, 4.69) is 10.5 Å². The lowest BCUT2D eigenvalue weighted by Gasteiger charge is -2.12. The van der Waals surface area contributed by atoms with Gasteiger partial charge < -0.3 is 15.7 Å². The fourth-order valence-corrected chi connectivity index (χ4v) is 1.28. The maximum Gasteiger partial charge on any atom is 0.257 e. The maximum absolute atomic E-state index is 11.8. The average Bonchev–Trinajstić information content (AvgIpc) is 2.39. The molecule has 5 N–H and O–H groups in total.